The van der Waals surface area contributed by atoms with Gasteiger partial charge in [-0.15, -0.1) is 0 Å². The van der Waals surface area contributed by atoms with Crippen LogP contribution in [0.4, 0.5) is 0 Å². The Hall–Kier alpha value is -0.0800. The molecule has 0 aliphatic carbocycles. The predicted octanol–water partition coefficient (Wildman–Crippen LogP) is 4.40. The Morgan fingerprint density at radius 1 is 0.895 bits per heavy atom. The van der Waals surface area contributed by atoms with Crippen LogP contribution in [-0.4, -0.2) is 37.1 Å². The van der Waals surface area contributed by atoms with E-state index in [1.54, 1.807) is 0 Å². The summed E-state index contributed by atoms with van der Waals surface area (Å²) in [4.78, 5) is 2.60. The number of likely N-dealkylation sites (tertiary alicyclic amines) is 1. The van der Waals surface area contributed by atoms with Gasteiger partial charge in [0.05, 0.1) is 0 Å². The van der Waals surface area contributed by atoms with Gasteiger partial charge in [0.1, 0.15) is 0 Å². The Balaban J connectivity index is 0. The summed E-state index contributed by atoms with van der Waals surface area (Å²) in [6.07, 6.45) is 1.41. The van der Waals surface area contributed by atoms with Crippen LogP contribution in [0.25, 0.3) is 0 Å². The van der Waals surface area contributed by atoms with E-state index in [0.29, 0.717) is 5.41 Å². The Morgan fingerprint density at radius 2 is 1.32 bits per heavy atom. The molecule has 0 aromatic rings. The van der Waals surface area contributed by atoms with Crippen LogP contribution >= 0.6 is 0 Å². The van der Waals surface area contributed by atoms with Crippen LogP contribution in [0.1, 0.15) is 68.7 Å². The zero-order valence-corrected chi connectivity index (χ0v) is 15.1. The molecule has 1 spiro atoms. The summed E-state index contributed by atoms with van der Waals surface area (Å²) in [7, 11) is 0. The van der Waals surface area contributed by atoms with Crippen molar-refractivity contribution in [3.63, 3.8) is 0 Å². The molecule has 1 N–H and O–H groups in total. The van der Waals surface area contributed by atoms with E-state index in [1.807, 2.05) is 27.7 Å². The van der Waals surface area contributed by atoms with Gasteiger partial charge in [0.25, 0.3) is 0 Å². The lowest BCUT2D eigenvalue weighted by atomic mass is 9.81. The van der Waals surface area contributed by atoms with Gasteiger partial charge in [-0.1, -0.05) is 48.5 Å². The summed E-state index contributed by atoms with van der Waals surface area (Å²) >= 11 is 0. The van der Waals surface area contributed by atoms with Crippen LogP contribution in [0.2, 0.25) is 0 Å². The van der Waals surface area contributed by atoms with Crippen LogP contribution in [0.5, 0.6) is 0 Å². The minimum atomic E-state index is 0.685. The first-order valence-electron chi connectivity index (χ1n) is 8.40. The molecule has 0 amide bonds. The standard InChI is InChI=1S/C9H18N2.C4H10.2C2H6/c1-8(2)11-4-3-9(7-11)5-10-6-9;1-4(2)3;2*1-2/h8,10H,3-7H2,1-2H3;4H,1-3H3;2*1-2H3. The van der Waals surface area contributed by atoms with Crippen molar-refractivity contribution in [3.8, 4) is 0 Å². The number of hydrogen-bond donors (Lipinski definition) is 1. The van der Waals surface area contributed by atoms with Gasteiger partial charge in [0, 0.05) is 31.1 Å². The highest BCUT2D eigenvalue weighted by molar-refractivity contribution is 4.99. The molecule has 0 saturated carbocycles. The van der Waals surface area contributed by atoms with Crippen molar-refractivity contribution in [1.29, 1.82) is 0 Å². The Bertz CT molecular complexity index is 181. The minimum Gasteiger partial charge on any atom is -0.315 e. The second-order valence-corrected chi connectivity index (χ2v) is 6.15. The highest BCUT2D eigenvalue weighted by Gasteiger charge is 2.43. The largest absolute Gasteiger partial charge is 0.315 e. The summed E-state index contributed by atoms with van der Waals surface area (Å²) in [5.41, 5.74) is 0.685. The molecule has 2 nitrogen and oxygen atoms in total. The zero-order chi connectivity index (χ0) is 15.5. The average molecular weight is 273 g/mol. The lowest BCUT2D eigenvalue weighted by molar-refractivity contribution is 0.157. The predicted molar refractivity (Wildman–Crippen MR) is 89.8 cm³/mol. The maximum Gasteiger partial charge on any atom is 0.00920 e. The third kappa shape index (κ3) is 8.65. The molecule has 2 rings (SSSR count). The lowest BCUT2D eigenvalue weighted by Gasteiger charge is -2.39. The first-order chi connectivity index (χ1) is 8.95. The molecule has 118 valence electrons. The van der Waals surface area contributed by atoms with Crippen LogP contribution in [0, 0.1) is 11.3 Å². The molecule has 2 heterocycles. The van der Waals surface area contributed by atoms with Crippen LogP contribution in [0.15, 0.2) is 0 Å². The average Bonchev–Trinajstić information content (AvgIpc) is 2.79. The lowest BCUT2D eigenvalue weighted by Crippen LogP contribution is -2.55. The van der Waals surface area contributed by atoms with Crippen LogP contribution in [0.3, 0.4) is 0 Å². The molecule has 0 atom stereocenters. The molecule has 0 bridgehead atoms. The van der Waals surface area contributed by atoms with Crippen LogP contribution < -0.4 is 5.32 Å². The molecular formula is C17H40N2. The van der Waals surface area contributed by atoms with E-state index < -0.39 is 0 Å². The molecule has 0 aromatic carbocycles. The molecule has 0 radical (unpaired) electrons. The summed E-state index contributed by atoms with van der Waals surface area (Å²) in [5.74, 6) is 0.833. The Morgan fingerprint density at radius 3 is 1.47 bits per heavy atom. The van der Waals surface area contributed by atoms with E-state index in [9.17, 15) is 0 Å². The molecular weight excluding hydrogens is 232 g/mol. The second kappa shape index (κ2) is 11.7. The van der Waals surface area contributed by atoms with Gasteiger partial charge < -0.3 is 10.2 Å². The SMILES string of the molecule is CC.CC.CC(C)C.CC(C)N1CCC2(CNC2)C1. The van der Waals surface area contributed by atoms with E-state index in [1.165, 1.54) is 32.6 Å². The number of nitrogens with one attached hydrogen (secondary N) is 1. The first kappa shape index (κ1) is 21.2. The van der Waals surface area contributed by atoms with E-state index in [2.05, 4.69) is 44.8 Å². The van der Waals surface area contributed by atoms with Gasteiger partial charge in [-0.3, -0.25) is 0 Å². The molecule has 19 heavy (non-hydrogen) atoms. The van der Waals surface area contributed by atoms with Crippen molar-refractivity contribution in [3.05, 3.63) is 0 Å². The normalized spacial score (nSPS) is 19.7. The molecule has 2 aliphatic heterocycles. The van der Waals surface area contributed by atoms with Crippen molar-refractivity contribution in [2.45, 2.75) is 74.8 Å². The van der Waals surface area contributed by atoms with Crippen molar-refractivity contribution < 1.29 is 0 Å². The third-order valence-electron chi connectivity index (χ3n) is 3.20. The number of hydrogen-bond acceptors (Lipinski definition) is 2. The minimum absolute atomic E-state index is 0.685. The first-order valence-corrected chi connectivity index (χ1v) is 8.40. The van der Waals surface area contributed by atoms with E-state index in [-0.39, 0.29) is 0 Å². The zero-order valence-electron chi connectivity index (χ0n) is 15.1. The molecule has 2 saturated heterocycles. The summed E-state index contributed by atoms with van der Waals surface area (Å²) < 4.78 is 0. The van der Waals surface area contributed by atoms with Gasteiger partial charge in [-0.2, -0.15) is 0 Å². The molecule has 2 fully saturated rings. The highest BCUT2D eigenvalue weighted by Crippen LogP contribution is 2.34. The van der Waals surface area contributed by atoms with Crippen LogP contribution in [-0.2, 0) is 0 Å². The fraction of sp³-hybridized carbons (Fsp3) is 1.00. The van der Waals surface area contributed by atoms with Gasteiger partial charge in [-0.05, 0) is 32.7 Å². The summed E-state index contributed by atoms with van der Waals surface area (Å²) in [5, 5.41) is 3.38. The van der Waals surface area contributed by atoms with Gasteiger partial charge in [-0.25, -0.2) is 0 Å². The second-order valence-electron chi connectivity index (χ2n) is 6.15. The van der Waals surface area contributed by atoms with Crippen molar-refractivity contribution in [1.82, 2.24) is 10.2 Å². The Kier molecular flexibility index (Phi) is 13.1. The quantitative estimate of drug-likeness (QED) is 0.761. The third-order valence-corrected chi connectivity index (χ3v) is 3.20. The number of rotatable bonds is 1. The van der Waals surface area contributed by atoms with Crippen molar-refractivity contribution >= 4 is 0 Å². The molecule has 2 aliphatic rings. The monoisotopic (exact) mass is 272 g/mol. The summed E-state index contributed by atoms with van der Waals surface area (Å²) in [6.45, 7) is 24.3. The topological polar surface area (TPSA) is 15.3 Å². The Labute approximate surface area is 123 Å². The van der Waals surface area contributed by atoms with Crippen molar-refractivity contribution in [2.75, 3.05) is 26.2 Å². The van der Waals surface area contributed by atoms with Gasteiger partial charge in [0.2, 0.25) is 0 Å². The molecule has 0 unspecified atom stereocenters. The smallest absolute Gasteiger partial charge is 0.00920 e. The van der Waals surface area contributed by atoms with Gasteiger partial charge >= 0.3 is 0 Å². The fourth-order valence-electron chi connectivity index (χ4n) is 2.18. The number of nitrogens with zero attached hydrogens (tertiary/aromatic N) is 1. The fourth-order valence-corrected chi connectivity index (χ4v) is 2.18. The molecule has 0 aromatic heterocycles. The van der Waals surface area contributed by atoms with E-state index >= 15 is 0 Å². The maximum atomic E-state index is 3.38. The highest BCUT2D eigenvalue weighted by atomic mass is 15.2. The van der Waals surface area contributed by atoms with E-state index in [4.69, 9.17) is 0 Å². The maximum absolute atomic E-state index is 3.38. The molecule has 2 heteroatoms. The van der Waals surface area contributed by atoms with Crippen molar-refractivity contribution in [2.24, 2.45) is 11.3 Å². The summed E-state index contributed by atoms with van der Waals surface area (Å²) in [6, 6.07) is 0.745. The van der Waals surface area contributed by atoms with Gasteiger partial charge in [0.15, 0.2) is 0 Å². The van der Waals surface area contributed by atoms with E-state index in [0.717, 1.165) is 12.0 Å².